The van der Waals surface area contributed by atoms with Crippen molar-refractivity contribution in [3.63, 3.8) is 0 Å². The van der Waals surface area contributed by atoms with Crippen molar-refractivity contribution in [2.75, 3.05) is 39.6 Å². The number of aliphatic hydroxyl groups is 1. The van der Waals surface area contributed by atoms with Crippen LogP contribution in [0.4, 0.5) is 0 Å². The van der Waals surface area contributed by atoms with Gasteiger partial charge in [0.1, 0.15) is 19.3 Å². The number of carbonyl (C=O) groups is 4. The second-order valence-corrected chi connectivity index (χ2v) is 36.8. The molecular weight excluding hydrogens is 1450 g/mol. The maximum atomic E-state index is 13.2. The van der Waals surface area contributed by atoms with Crippen LogP contribution in [0, 0.1) is 11.8 Å². The summed E-state index contributed by atoms with van der Waals surface area (Å²) in [4.78, 5) is 73.5. The third kappa shape index (κ3) is 83.1. The van der Waals surface area contributed by atoms with Gasteiger partial charge in [0, 0.05) is 25.7 Å². The lowest BCUT2D eigenvalue weighted by molar-refractivity contribution is -0.161. The van der Waals surface area contributed by atoms with E-state index < -0.39 is 97.5 Å². The van der Waals surface area contributed by atoms with E-state index in [0.717, 1.165) is 102 Å². The molecule has 0 amide bonds. The van der Waals surface area contributed by atoms with Gasteiger partial charge in [-0.05, 0) is 37.5 Å². The summed E-state index contributed by atoms with van der Waals surface area (Å²) >= 11 is 0. The molecule has 0 aromatic heterocycles. The molecule has 0 bridgehead atoms. The van der Waals surface area contributed by atoms with Gasteiger partial charge in [-0.3, -0.25) is 37.3 Å². The second-order valence-electron chi connectivity index (χ2n) is 33.9. The molecule has 0 aromatic rings. The van der Waals surface area contributed by atoms with Gasteiger partial charge in [-0.15, -0.1) is 0 Å². The van der Waals surface area contributed by atoms with E-state index in [2.05, 4.69) is 41.5 Å². The molecule has 0 heterocycles. The second kappa shape index (κ2) is 84.1. The van der Waals surface area contributed by atoms with Crippen LogP contribution in [0.1, 0.15) is 504 Å². The fraction of sp³-hybridized carbons (Fsp3) is 0.957. The first-order valence-electron chi connectivity index (χ1n) is 48.1. The number of ether oxygens (including phenoxy) is 4. The van der Waals surface area contributed by atoms with Gasteiger partial charge in [0.05, 0.1) is 26.4 Å². The summed E-state index contributed by atoms with van der Waals surface area (Å²) in [7, 11) is -9.94. The Hall–Kier alpha value is -1.94. The minimum absolute atomic E-state index is 0.109. The van der Waals surface area contributed by atoms with E-state index in [1.54, 1.807) is 0 Å². The lowest BCUT2D eigenvalue weighted by Gasteiger charge is -2.21. The average molecular weight is 1630 g/mol. The summed E-state index contributed by atoms with van der Waals surface area (Å²) in [5, 5.41) is 10.7. The molecule has 0 radical (unpaired) electrons. The van der Waals surface area contributed by atoms with Crippen molar-refractivity contribution in [1.29, 1.82) is 0 Å². The number of hydrogen-bond acceptors (Lipinski definition) is 15. The molecule has 17 nitrogen and oxygen atoms in total. The van der Waals surface area contributed by atoms with E-state index in [0.29, 0.717) is 25.7 Å². The topological polar surface area (TPSA) is 237 Å². The highest BCUT2D eigenvalue weighted by Gasteiger charge is 2.31. The fourth-order valence-electron chi connectivity index (χ4n) is 14.6. The fourth-order valence-corrected chi connectivity index (χ4v) is 16.2. The van der Waals surface area contributed by atoms with Crippen LogP contribution in [0.2, 0.25) is 0 Å². The molecule has 19 heteroatoms. The molecule has 0 spiro atoms. The predicted molar refractivity (Wildman–Crippen MR) is 465 cm³/mol. The number of hydrogen-bond donors (Lipinski definition) is 3. The third-order valence-electron chi connectivity index (χ3n) is 22.7. The van der Waals surface area contributed by atoms with Gasteiger partial charge < -0.3 is 33.8 Å². The molecule has 0 aromatic carbocycles. The number of unbranched alkanes of at least 4 members (excludes halogenated alkanes) is 60. The SMILES string of the molecule is CCCCCCCCCCCCCCCCCCC(=O)O[C@H](COC(=O)CCCCCCCCCCCCCC)COP(=O)(O)OC[C@H](O)COP(=O)(O)OC[C@@H](COC(=O)CCCCCCCCCCCCCCCCCCCCC(C)CC)OC(=O)CCCCCCCCCCCCCCCCCCCCC(C)CC. The van der Waals surface area contributed by atoms with E-state index in [1.165, 1.54) is 321 Å². The number of phosphoric ester groups is 2. The van der Waals surface area contributed by atoms with Crippen LogP contribution in [-0.4, -0.2) is 96.7 Å². The molecule has 0 fully saturated rings. The number of rotatable bonds is 92. The van der Waals surface area contributed by atoms with Crippen molar-refractivity contribution in [1.82, 2.24) is 0 Å². The monoisotopic (exact) mass is 1630 g/mol. The van der Waals surface area contributed by atoms with Gasteiger partial charge >= 0.3 is 39.5 Å². The normalized spacial score (nSPS) is 14.2. The van der Waals surface area contributed by atoms with E-state index in [4.69, 9.17) is 37.0 Å². The number of aliphatic hydroxyl groups excluding tert-OH is 1. The van der Waals surface area contributed by atoms with Crippen LogP contribution in [0.5, 0.6) is 0 Å². The predicted octanol–water partition coefficient (Wildman–Crippen LogP) is 29.0. The molecular formula is C93H182O17P2. The van der Waals surface area contributed by atoms with Crippen molar-refractivity contribution >= 4 is 39.5 Å². The van der Waals surface area contributed by atoms with Gasteiger partial charge in [0.2, 0.25) is 0 Å². The highest BCUT2D eigenvalue weighted by molar-refractivity contribution is 7.47. The van der Waals surface area contributed by atoms with Crippen molar-refractivity contribution in [3.05, 3.63) is 0 Å². The minimum Gasteiger partial charge on any atom is -0.462 e. The lowest BCUT2D eigenvalue weighted by atomic mass is 9.99. The highest BCUT2D eigenvalue weighted by atomic mass is 31.2. The van der Waals surface area contributed by atoms with Crippen LogP contribution < -0.4 is 0 Å². The van der Waals surface area contributed by atoms with Crippen molar-refractivity contribution < 1.29 is 80.2 Å². The first-order valence-corrected chi connectivity index (χ1v) is 51.1. The number of carbonyl (C=O) groups excluding carboxylic acids is 4. The first-order chi connectivity index (χ1) is 54.4. The van der Waals surface area contributed by atoms with Crippen molar-refractivity contribution in [2.24, 2.45) is 11.8 Å². The maximum absolute atomic E-state index is 13.2. The summed E-state index contributed by atoms with van der Waals surface area (Å²) in [6, 6.07) is 0. The molecule has 3 N–H and O–H groups in total. The van der Waals surface area contributed by atoms with Gasteiger partial charge in [-0.25, -0.2) is 9.13 Å². The Morgan fingerprint density at radius 1 is 0.250 bits per heavy atom. The minimum atomic E-state index is -4.97. The molecule has 0 aliphatic heterocycles. The zero-order chi connectivity index (χ0) is 82.0. The maximum Gasteiger partial charge on any atom is 0.472 e. The van der Waals surface area contributed by atoms with E-state index in [1.807, 2.05) is 0 Å². The average Bonchev–Trinajstić information content (AvgIpc) is 0.892. The van der Waals surface area contributed by atoms with Crippen LogP contribution in [-0.2, 0) is 65.4 Å². The molecule has 112 heavy (non-hydrogen) atoms. The van der Waals surface area contributed by atoms with Crippen molar-refractivity contribution in [3.8, 4) is 0 Å². The third-order valence-corrected chi connectivity index (χ3v) is 24.6. The van der Waals surface area contributed by atoms with Gasteiger partial charge in [0.15, 0.2) is 12.2 Å². The van der Waals surface area contributed by atoms with Crippen LogP contribution in [0.25, 0.3) is 0 Å². The number of phosphoric acid groups is 2. The highest BCUT2D eigenvalue weighted by Crippen LogP contribution is 2.45. The van der Waals surface area contributed by atoms with Gasteiger partial charge in [0.25, 0.3) is 0 Å². The Morgan fingerprint density at radius 2 is 0.429 bits per heavy atom. The van der Waals surface area contributed by atoms with Gasteiger partial charge in [-0.2, -0.15) is 0 Å². The summed E-state index contributed by atoms with van der Waals surface area (Å²) in [6.07, 6.45) is 79.1. The Bertz CT molecular complexity index is 2140. The molecule has 0 aliphatic carbocycles. The zero-order valence-electron chi connectivity index (χ0n) is 74.0. The standard InChI is InChI=1S/C93H182O17P2/c1-7-11-13-15-17-19-21-23-24-35-41-47-53-59-65-71-77-92(97)109-88(81-103-90(95)75-69-63-57-51-45-22-20-18-16-14-12-8-2)83-107-111(99,100)105-79-87(94)80-106-112(101,102)108-84-89(110-93(98)78-72-66-60-54-48-42-37-32-28-26-30-34-39-44-50-56-62-68-74-86(6)10-4)82-104-91(96)76-70-64-58-52-46-40-36-31-27-25-29-33-38-43-49-55-61-67-73-85(5)9-3/h85-89,94H,7-84H2,1-6H3,(H,99,100)(H,101,102)/t85?,86?,87-,88+,89+/m0/s1. The summed E-state index contributed by atoms with van der Waals surface area (Å²) in [5.74, 6) is -0.347. The number of esters is 4. The van der Waals surface area contributed by atoms with Crippen LogP contribution in [0.3, 0.4) is 0 Å². The largest absolute Gasteiger partial charge is 0.472 e. The zero-order valence-corrected chi connectivity index (χ0v) is 75.8. The van der Waals surface area contributed by atoms with E-state index in [9.17, 15) is 43.2 Å². The molecule has 0 saturated heterocycles. The Kier molecular flexibility index (Phi) is 82.6. The quantitative estimate of drug-likeness (QED) is 0.0222. The van der Waals surface area contributed by atoms with Crippen LogP contribution >= 0.6 is 15.6 Å². The molecule has 0 saturated carbocycles. The Balaban J connectivity index is 5.24. The molecule has 0 rings (SSSR count). The molecule has 666 valence electrons. The van der Waals surface area contributed by atoms with Crippen molar-refractivity contribution in [2.45, 2.75) is 522 Å². The molecule has 7 atom stereocenters. The van der Waals surface area contributed by atoms with Crippen LogP contribution in [0.15, 0.2) is 0 Å². The first kappa shape index (κ1) is 110. The van der Waals surface area contributed by atoms with E-state index in [-0.39, 0.29) is 25.7 Å². The summed E-state index contributed by atoms with van der Waals surface area (Å²) in [5.41, 5.74) is 0. The summed E-state index contributed by atoms with van der Waals surface area (Å²) < 4.78 is 69.1. The Labute approximate surface area is 689 Å². The van der Waals surface area contributed by atoms with E-state index >= 15 is 0 Å². The lowest BCUT2D eigenvalue weighted by Crippen LogP contribution is -2.30. The molecule has 4 unspecified atom stereocenters. The van der Waals surface area contributed by atoms with Gasteiger partial charge in [-0.1, -0.05) is 452 Å². The Morgan fingerprint density at radius 3 is 0.634 bits per heavy atom. The summed E-state index contributed by atoms with van der Waals surface area (Å²) in [6.45, 7) is 9.85. The molecule has 0 aliphatic rings. The smallest absolute Gasteiger partial charge is 0.462 e.